The molecule has 4 nitrogen and oxygen atoms in total. The van der Waals surface area contributed by atoms with Crippen LogP contribution in [-0.4, -0.2) is 21.0 Å². The number of nitrogens with zero attached hydrogens (tertiary/aromatic N) is 3. The van der Waals surface area contributed by atoms with E-state index in [0.717, 1.165) is 5.69 Å². The minimum absolute atomic E-state index is 0.306. The first-order valence-electron chi connectivity index (χ1n) is 5.66. The summed E-state index contributed by atoms with van der Waals surface area (Å²) in [6.07, 6.45) is 1.61. The molecule has 6 heteroatoms. The van der Waals surface area contributed by atoms with E-state index in [1.807, 2.05) is 13.8 Å². The number of benzene rings is 1. The fourth-order valence-electron chi connectivity index (χ4n) is 1.54. The van der Waals surface area contributed by atoms with Crippen LogP contribution < -0.4 is 5.32 Å². The van der Waals surface area contributed by atoms with Crippen LogP contribution in [0.2, 0.25) is 5.02 Å². The van der Waals surface area contributed by atoms with Crippen LogP contribution in [0.15, 0.2) is 24.4 Å². The molecule has 1 aromatic carbocycles. The number of nitrogens with one attached hydrogen (secondary N) is 1. The Morgan fingerprint density at radius 3 is 2.94 bits per heavy atom. The molecule has 0 radical (unpaired) electrons. The van der Waals surface area contributed by atoms with E-state index in [2.05, 4.69) is 15.6 Å². The highest BCUT2D eigenvalue weighted by Gasteiger charge is 2.11. The van der Waals surface area contributed by atoms with E-state index in [-0.39, 0.29) is 5.82 Å². The Kier molecular flexibility index (Phi) is 3.93. The highest BCUT2D eigenvalue weighted by Crippen LogP contribution is 2.19. The van der Waals surface area contributed by atoms with Crippen LogP contribution in [0, 0.1) is 5.82 Å². The lowest BCUT2D eigenvalue weighted by Gasteiger charge is -2.10. The third-order valence-electron chi connectivity index (χ3n) is 2.45. The molecule has 0 aliphatic heterocycles. The van der Waals surface area contributed by atoms with E-state index < -0.39 is 0 Å². The molecule has 0 amide bonds. The molecule has 1 N–H and O–H groups in total. The Hall–Kier alpha value is -1.46. The van der Waals surface area contributed by atoms with Gasteiger partial charge in [0.25, 0.3) is 0 Å². The Morgan fingerprint density at radius 1 is 1.44 bits per heavy atom. The second-order valence-electron chi connectivity index (χ2n) is 4.27. The Labute approximate surface area is 110 Å². The van der Waals surface area contributed by atoms with Crippen molar-refractivity contribution in [1.82, 2.24) is 20.3 Å². The standard InChI is InChI=1S/C12H14ClFN4/c1-8(2)15-6-10-7-16-17-18(10)12-5-9(13)3-4-11(12)14/h3-5,7-8,15H,6H2,1-2H3. The topological polar surface area (TPSA) is 42.7 Å². The van der Waals surface area contributed by atoms with Gasteiger partial charge in [0.1, 0.15) is 11.5 Å². The minimum Gasteiger partial charge on any atom is -0.309 e. The van der Waals surface area contributed by atoms with Gasteiger partial charge in [0.05, 0.1) is 11.9 Å². The molecule has 96 valence electrons. The molecule has 0 aliphatic rings. The molecule has 2 aromatic rings. The first-order chi connectivity index (χ1) is 8.58. The van der Waals surface area contributed by atoms with E-state index in [0.29, 0.717) is 23.3 Å². The lowest BCUT2D eigenvalue weighted by molar-refractivity contribution is 0.560. The van der Waals surface area contributed by atoms with Crippen LogP contribution in [0.25, 0.3) is 5.69 Å². The van der Waals surface area contributed by atoms with Gasteiger partial charge >= 0.3 is 0 Å². The van der Waals surface area contributed by atoms with Crippen molar-refractivity contribution in [2.75, 3.05) is 0 Å². The predicted molar refractivity (Wildman–Crippen MR) is 68.3 cm³/mol. The van der Waals surface area contributed by atoms with Crippen molar-refractivity contribution in [2.45, 2.75) is 26.4 Å². The molecule has 18 heavy (non-hydrogen) atoms. The molecule has 0 saturated carbocycles. The summed E-state index contributed by atoms with van der Waals surface area (Å²) in [4.78, 5) is 0. The molecule has 1 heterocycles. The van der Waals surface area contributed by atoms with Crippen molar-refractivity contribution in [2.24, 2.45) is 0 Å². The van der Waals surface area contributed by atoms with Gasteiger partial charge in [-0.1, -0.05) is 30.7 Å². The molecular weight excluding hydrogens is 255 g/mol. The highest BCUT2D eigenvalue weighted by molar-refractivity contribution is 6.30. The van der Waals surface area contributed by atoms with Crippen molar-refractivity contribution in [1.29, 1.82) is 0 Å². The molecule has 0 fully saturated rings. The summed E-state index contributed by atoms with van der Waals surface area (Å²) in [5, 5.41) is 11.4. The molecule has 0 spiro atoms. The van der Waals surface area contributed by atoms with E-state index in [1.165, 1.54) is 22.9 Å². The molecular formula is C12H14ClFN4. The molecule has 0 aliphatic carbocycles. The first kappa shape index (κ1) is 13.0. The normalized spacial score (nSPS) is 11.2. The lowest BCUT2D eigenvalue weighted by Crippen LogP contribution is -2.23. The van der Waals surface area contributed by atoms with Crippen LogP contribution in [0.3, 0.4) is 0 Å². The Bertz CT molecular complexity index is 539. The second-order valence-corrected chi connectivity index (χ2v) is 4.70. The summed E-state index contributed by atoms with van der Waals surface area (Å²) < 4.78 is 15.2. The van der Waals surface area contributed by atoms with Crippen molar-refractivity contribution in [3.63, 3.8) is 0 Å². The fourth-order valence-corrected chi connectivity index (χ4v) is 1.70. The zero-order chi connectivity index (χ0) is 13.1. The number of hydrogen-bond acceptors (Lipinski definition) is 3. The first-order valence-corrected chi connectivity index (χ1v) is 6.04. The number of hydrogen-bond donors (Lipinski definition) is 1. The van der Waals surface area contributed by atoms with Gasteiger partial charge in [0.15, 0.2) is 0 Å². The average Bonchev–Trinajstić information content (AvgIpc) is 2.77. The Balaban J connectivity index is 2.33. The molecule has 1 aromatic heterocycles. The zero-order valence-corrected chi connectivity index (χ0v) is 10.9. The summed E-state index contributed by atoms with van der Waals surface area (Å²) in [5.74, 6) is -0.379. The molecule has 0 bridgehead atoms. The third kappa shape index (κ3) is 2.86. The van der Waals surface area contributed by atoms with E-state index in [1.54, 1.807) is 6.20 Å². The number of halogens is 2. The van der Waals surface area contributed by atoms with E-state index in [4.69, 9.17) is 11.6 Å². The van der Waals surface area contributed by atoms with E-state index in [9.17, 15) is 4.39 Å². The summed E-state index contributed by atoms with van der Waals surface area (Å²) in [6.45, 7) is 4.64. The van der Waals surface area contributed by atoms with Crippen LogP contribution in [0.5, 0.6) is 0 Å². The largest absolute Gasteiger partial charge is 0.309 e. The van der Waals surface area contributed by atoms with Crippen molar-refractivity contribution < 1.29 is 4.39 Å². The van der Waals surface area contributed by atoms with Crippen LogP contribution in [-0.2, 0) is 6.54 Å². The molecule has 0 atom stereocenters. The van der Waals surface area contributed by atoms with Crippen molar-refractivity contribution >= 4 is 11.6 Å². The van der Waals surface area contributed by atoms with Crippen molar-refractivity contribution in [3.05, 3.63) is 40.9 Å². The van der Waals surface area contributed by atoms with Gasteiger partial charge in [0, 0.05) is 17.6 Å². The predicted octanol–water partition coefficient (Wildman–Crippen LogP) is 2.56. The van der Waals surface area contributed by atoms with Crippen molar-refractivity contribution in [3.8, 4) is 5.69 Å². The Morgan fingerprint density at radius 2 is 2.22 bits per heavy atom. The maximum Gasteiger partial charge on any atom is 0.149 e. The average molecular weight is 269 g/mol. The zero-order valence-electron chi connectivity index (χ0n) is 10.2. The minimum atomic E-state index is -0.379. The number of aromatic nitrogens is 3. The monoisotopic (exact) mass is 268 g/mol. The van der Waals surface area contributed by atoms with Gasteiger partial charge in [0.2, 0.25) is 0 Å². The molecule has 2 rings (SSSR count). The number of rotatable bonds is 4. The maximum atomic E-state index is 13.7. The SMILES string of the molecule is CC(C)NCc1cnnn1-c1cc(Cl)ccc1F. The second kappa shape index (κ2) is 5.46. The maximum absolute atomic E-state index is 13.7. The van der Waals surface area contributed by atoms with Gasteiger partial charge < -0.3 is 5.32 Å². The summed E-state index contributed by atoms with van der Waals surface area (Å²) in [5.41, 5.74) is 1.09. The molecule has 0 unspecified atom stereocenters. The van der Waals surface area contributed by atoms with Gasteiger partial charge in [-0.25, -0.2) is 9.07 Å². The highest BCUT2D eigenvalue weighted by atomic mass is 35.5. The van der Waals surface area contributed by atoms with Gasteiger partial charge in [-0.05, 0) is 18.2 Å². The van der Waals surface area contributed by atoms with Crippen LogP contribution >= 0.6 is 11.6 Å². The van der Waals surface area contributed by atoms with Gasteiger partial charge in [-0.15, -0.1) is 5.10 Å². The van der Waals surface area contributed by atoms with E-state index >= 15 is 0 Å². The van der Waals surface area contributed by atoms with Gasteiger partial charge in [-0.3, -0.25) is 0 Å². The summed E-state index contributed by atoms with van der Waals surface area (Å²) in [6, 6.07) is 4.69. The quantitative estimate of drug-likeness (QED) is 0.927. The fraction of sp³-hybridized carbons (Fsp3) is 0.333. The van der Waals surface area contributed by atoms with Gasteiger partial charge in [-0.2, -0.15) is 0 Å². The molecule has 0 saturated heterocycles. The van der Waals surface area contributed by atoms with Crippen LogP contribution in [0.1, 0.15) is 19.5 Å². The third-order valence-corrected chi connectivity index (χ3v) is 2.68. The summed E-state index contributed by atoms with van der Waals surface area (Å²) >= 11 is 5.87. The smallest absolute Gasteiger partial charge is 0.149 e. The summed E-state index contributed by atoms with van der Waals surface area (Å²) in [7, 11) is 0. The van der Waals surface area contributed by atoms with Crippen LogP contribution in [0.4, 0.5) is 4.39 Å². The lowest BCUT2D eigenvalue weighted by atomic mass is 10.3.